The lowest BCUT2D eigenvalue weighted by molar-refractivity contribution is 0.0554. The van der Waals surface area contributed by atoms with E-state index in [1.165, 1.54) is 0 Å². The zero-order valence-electron chi connectivity index (χ0n) is 16.8. The molecule has 0 saturated heterocycles. The number of rotatable bonds is 4. The normalized spacial score (nSPS) is 23.0. The Hall–Kier alpha value is -3.19. The zero-order valence-corrected chi connectivity index (χ0v) is 16.8. The molecule has 156 valence electrons. The van der Waals surface area contributed by atoms with Gasteiger partial charge in [0.25, 0.3) is 0 Å². The Balaban J connectivity index is 1.56. The number of hydrogen-bond acceptors (Lipinski definition) is 7. The fourth-order valence-corrected chi connectivity index (χ4v) is 4.40. The molecule has 0 amide bonds. The first kappa shape index (κ1) is 18.8. The Morgan fingerprint density at radius 2 is 1.93 bits per heavy atom. The SMILES string of the molecule is C=C(CO)[C@@H]1Cc2c(ccc3c2O[C@@H]2COc4cc(OC)c(OC)cc4[C@@H]2C3=O)O1. The van der Waals surface area contributed by atoms with Crippen molar-refractivity contribution in [1.29, 1.82) is 0 Å². The van der Waals surface area contributed by atoms with E-state index in [2.05, 4.69) is 6.58 Å². The number of aliphatic hydroxyl groups excluding tert-OH is 1. The van der Waals surface area contributed by atoms with Gasteiger partial charge in [0.1, 0.15) is 36.1 Å². The van der Waals surface area contributed by atoms with Crippen molar-refractivity contribution in [2.75, 3.05) is 27.4 Å². The van der Waals surface area contributed by atoms with Crippen molar-refractivity contribution in [3.63, 3.8) is 0 Å². The Labute approximate surface area is 173 Å². The molecule has 0 spiro atoms. The van der Waals surface area contributed by atoms with E-state index >= 15 is 0 Å². The van der Waals surface area contributed by atoms with E-state index in [1.54, 1.807) is 38.5 Å². The number of carbonyl (C=O) groups excluding carboxylic acids is 1. The van der Waals surface area contributed by atoms with E-state index in [0.717, 1.165) is 11.1 Å². The minimum Gasteiger partial charge on any atom is -0.493 e. The quantitative estimate of drug-likeness (QED) is 0.776. The molecule has 2 aromatic carbocycles. The van der Waals surface area contributed by atoms with E-state index in [1.807, 2.05) is 0 Å². The molecule has 2 aromatic rings. The molecule has 0 aromatic heterocycles. The number of hydrogen-bond donors (Lipinski definition) is 1. The average molecular weight is 410 g/mol. The number of aliphatic hydroxyl groups is 1. The molecule has 3 aliphatic rings. The highest BCUT2D eigenvalue weighted by atomic mass is 16.5. The van der Waals surface area contributed by atoms with Gasteiger partial charge in [0.05, 0.1) is 32.3 Å². The van der Waals surface area contributed by atoms with E-state index in [0.29, 0.717) is 46.3 Å². The molecule has 3 aliphatic heterocycles. The summed E-state index contributed by atoms with van der Waals surface area (Å²) in [6.45, 7) is 3.96. The van der Waals surface area contributed by atoms with Crippen LogP contribution in [0, 0.1) is 0 Å². The lowest BCUT2D eigenvalue weighted by Gasteiger charge is -2.37. The van der Waals surface area contributed by atoms with Gasteiger partial charge in [-0.1, -0.05) is 6.58 Å². The van der Waals surface area contributed by atoms with Crippen LogP contribution in [-0.4, -0.2) is 50.5 Å². The molecule has 0 saturated carbocycles. The van der Waals surface area contributed by atoms with E-state index in [4.69, 9.17) is 23.7 Å². The number of Topliss-reactive ketones (excluding diaryl/α,β-unsaturated/α-hetero) is 1. The first-order valence-corrected chi connectivity index (χ1v) is 9.76. The van der Waals surface area contributed by atoms with Gasteiger partial charge < -0.3 is 28.8 Å². The van der Waals surface area contributed by atoms with Crippen molar-refractivity contribution in [3.8, 4) is 28.7 Å². The molecule has 7 heteroatoms. The maximum atomic E-state index is 13.5. The van der Waals surface area contributed by atoms with Gasteiger partial charge in [0.2, 0.25) is 0 Å². The van der Waals surface area contributed by atoms with Crippen molar-refractivity contribution in [2.24, 2.45) is 0 Å². The summed E-state index contributed by atoms with van der Waals surface area (Å²) in [6.07, 6.45) is -0.277. The van der Waals surface area contributed by atoms with Gasteiger partial charge in [-0.3, -0.25) is 4.79 Å². The highest BCUT2D eigenvalue weighted by Gasteiger charge is 2.45. The predicted octanol–water partition coefficient (Wildman–Crippen LogP) is 2.68. The van der Waals surface area contributed by atoms with Crippen LogP contribution in [0.4, 0.5) is 0 Å². The minimum absolute atomic E-state index is 0.0229. The Kier molecular flexibility index (Phi) is 4.36. The molecule has 3 heterocycles. The van der Waals surface area contributed by atoms with Crippen LogP contribution >= 0.6 is 0 Å². The number of benzene rings is 2. The molecule has 0 fully saturated rings. The number of fused-ring (bicyclic) bond motifs is 6. The van der Waals surface area contributed by atoms with Gasteiger partial charge in [-0.25, -0.2) is 0 Å². The monoisotopic (exact) mass is 410 g/mol. The number of ether oxygens (including phenoxy) is 5. The molecule has 1 N–H and O–H groups in total. The molecule has 30 heavy (non-hydrogen) atoms. The highest BCUT2D eigenvalue weighted by molar-refractivity contribution is 6.06. The smallest absolute Gasteiger partial charge is 0.178 e. The Bertz CT molecular complexity index is 1060. The fraction of sp³-hybridized carbons (Fsp3) is 0.348. The van der Waals surface area contributed by atoms with Crippen molar-refractivity contribution in [1.82, 2.24) is 0 Å². The first-order chi connectivity index (χ1) is 14.5. The van der Waals surface area contributed by atoms with Gasteiger partial charge >= 0.3 is 0 Å². The van der Waals surface area contributed by atoms with Crippen LogP contribution in [0.5, 0.6) is 28.7 Å². The van der Waals surface area contributed by atoms with Crippen LogP contribution in [-0.2, 0) is 6.42 Å². The summed E-state index contributed by atoms with van der Waals surface area (Å²) in [5.74, 6) is 2.35. The summed E-state index contributed by atoms with van der Waals surface area (Å²) in [5.41, 5.74) is 2.67. The van der Waals surface area contributed by atoms with Crippen molar-refractivity contribution < 1.29 is 33.6 Å². The summed E-state index contributed by atoms with van der Waals surface area (Å²) in [4.78, 5) is 13.5. The highest BCUT2D eigenvalue weighted by Crippen LogP contribution is 2.49. The third kappa shape index (κ3) is 2.65. The lowest BCUT2D eigenvalue weighted by atomic mass is 9.81. The number of carbonyl (C=O) groups is 1. The summed E-state index contributed by atoms with van der Waals surface area (Å²) in [7, 11) is 3.11. The Morgan fingerprint density at radius 1 is 1.17 bits per heavy atom. The van der Waals surface area contributed by atoms with Crippen LogP contribution in [0.2, 0.25) is 0 Å². The summed E-state index contributed by atoms with van der Waals surface area (Å²) in [5, 5.41) is 9.38. The molecule has 0 aliphatic carbocycles. The molecule has 5 rings (SSSR count). The molecule has 0 unspecified atom stereocenters. The van der Waals surface area contributed by atoms with E-state index in [-0.39, 0.29) is 25.1 Å². The number of methoxy groups -OCH3 is 2. The molecule has 0 radical (unpaired) electrons. The lowest BCUT2D eigenvalue weighted by Crippen LogP contribution is -2.43. The molecular formula is C23H22O7. The largest absolute Gasteiger partial charge is 0.493 e. The summed E-state index contributed by atoms with van der Waals surface area (Å²) >= 11 is 0. The average Bonchev–Trinajstić information content (AvgIpc) is 3.22. The fourth-order valence-electron chi connectivity index (χ4n) is 4.40. The van der Waals surface area contributed by atoms with Crippen LogP contribution < -0.4 is 23.7 Å². The third-order valence-electron chi connectivity index (χ3n) is 5.98. The van der Waals surface area contributed by atoms with Gasteiger partial charge in [0, 0.05) is 23.6 Å². The topological polar surface area (TPSA) is 83.5 Å². The molecule has 7 nitrogen and oxygen atoms in total. The predicted molar refractivity (Wildman–Crippen MR) is 107 cm³/mol. The second-order valence-electron chi connectivity index (χ2n) is 7.60. The third-order valence-corrected chi connectivity index (χ3v) is 5.98. The maximum Gasteiger partial charge on any atom is 0.178 e. The van der Waals surface area contributed by atoms with Crippen molar-refractivity contribution >= 4 is 5.78 Å². The van der Waals surface area contributed by atoms with E-state index in [9.17, 15) is 9.90 Å². The summed E-state index contributed by atoms with van der Waals surface area (Å²) < 4.78 is 28.9. The molecular weight excluding hydrogens is 388 g/mol. The van der Waals surface area contributed by atoms with Crippen LogP contribution in [0.25, 0.3) is 0 Å². The maximum absolute atomic E-state index is 13.5. The standard InChI is InChI=1S/C23H22O7/c1-11(9-24)16-7-14-15(29-16)5-4-12-22(25)21-13-6-18(26-2)19(27-3)8-17(13)28-10-20(21)30-23(12)14/h4-6,8,16,20-21,24H,1,7,9-10H2,2-3H3/t16-,20+,21-/m0/s1. The van der Waals surface area contributed by atoms with Crippen molar-refractivity contribution in [2.45, 2.75) is 24.5 Å². The van der Waals surface area contributed by atoms with Crippen LogP contribution in [0.3, 0.4) is 0 Å². The van der Waals surface area contributed by atoms with Crippen LogP contribution in [0.15, 0.2) is 36.4 Å². The zero-order chi connectivity index (χ0) is 21.0. The first-order valence-electron chi connectivity index (χ1n) is 9.76. The minimum atomic E-state index is -0.496. The van der Waals surface area contributed by atoms with Gasteiger partial charge in [-0.05, 0) is 23.8 Å². The molecule has 3 atom stereocenters. The van der Waals surface area contributed by atoms with Gasteiger partial charge in [-0.15, -0.1) is 0 Å². The summed E-state index contributed by atoms with van der Waals surface area (Å²) in [6, 6.07) is 7.06. The molecule has 0 bridgehead atoms. The van der Waals surface area contributed by atoms with Crippen molar-refractivity contribution in [3.05, 3.63) is 53.1 Å². The Morgan fingerprint density at radius 3 is 2.67 bits per heavy atom. The second-order valence-corrected chi connectivity index (χ2v) is 7.60. The van der Waals surface area contributed by atoms with Crippen LogP contribution in [0.1, 0.15) is 27.4 Å². The second kappa shape index (κ2) is 6.95. The van der Waals surface area contributed by atoms with E-state index < -0.39 is 12.0 Å². The number of ketones is 1. The van der Waals surface area contributed by atoms with Gasteiger partial charge in [-0.2, -0.15) is 0 Å². The van der Waals surface area contributed by atoms with Gasteiger partial charge in [0.15, 0.2) is 17.3 Å².